The van der Waals surface area contributed by atoms with Crippen molar-refractivity contribution < 1.29 is 9.16 Å². The molecule has 3 heteroatoms. The highest BCUT2D eigenvalue weighted by atomic mass is 28.4. The highest BCUT2D eigenvalue weighted by Gasteiger charge is 2.85. The summed E-state index contributed by atoms with van der Waals surface area (Å²) in [6, 6.07) is 0. The van der Waals surface area contributed by atoms with Crippen LogP contribution in [0.4, 0.5) is 0 Å². The van der Waals surface area contributed by atoms with Gasteiger partial charge in [0.1, 0.15) is 0 Å². The molecule has 0 saturated heterocycles. The summed E-state index contributed by atoms with van der Waals surface area (Å²) in [4.78, 5) is 0. The van der Waals surface area contributed by atoms with Crippen molar-refractivity contribution in [3.63, 3.8) is 0 Å². The molecule has 0 aromatic heterocycles. The van der Waals surface area contributed by atoms with Crippen LogP contribution in [0.2, 0.25) is 19.6 Å². The number of hydrogen-bond donors (Lipinski definition) is 0. The topological polar surface area (TPSA) is 18.5 Å². The Hall–Kier alpha value is -0.123. The van der Waals surface area contributed by atoms with Gasteiger partial charge in [-0.2, -0.15) is 0 Å². The van der Waals surface area contributed by atoms with Gasteiger partial charge in [0, 0.05) is 18.4 Å². The quantitative estimate of drug-likeness (QED) is 0.575. The molecule has 0 aliphatic heterocycles. The van der Waals surface area contributed by atoms with Crippen LogP contribution in [0, 0.1) is 23.2 Å². The molecule has 6 atom stereocenters. The number of fused-ring (bicyclic) bond motifs is 1. The van der Waals surface area contributed by atoms with Crippen molar-refractivity contribution in [2.75, 3.05) is 7.11 Å². The molecule has 100 valence electrons. The summed E-state index contributed by atoms with van der Waals surface area (Å²) in [5, 5.41) is 0. The van der Waals surface area contributed by atoms with Crippen LogP contribution in [0.25, 0.3) is 0 Å². The Morgan fingerprint density at radius 1 is 1.22 bits per heavy atom. The summed E-state index contributed by atoms with van der Waals surface area (Å²) < 4.78 is 12.6. The van der Waals surface area contributed by atoms with Crippen LogP contribution in [0.15, 0.2) is 12.2 Å². The maximum absolute atomic E-state index is 6.57. The van der Waals surface area contributed by atoms with Crippen LogP contribution >= 0.6 is 0 Å². The van der Waals surface area contributed by atoms with Crippen LogP contribution in [0.3, 0.4) is 0 Å². The van der Waals surface area contributed by atoms with E-state index in [1.165, 1.54) is 19.3 Å². The Kier molecular flexibility index (Phi) is 2.03. The van der Waals surface area contributed by atoms with Crippen molar-refractivity contribution in [1.29, 1.82) is 0 Å². The van der Waals surface area contributed by atoms with Crippen LogP contribution in [0.5, 0.6) is 0 Å². The largest absolute Gasteiger partial charge is 0.414 e. The molecule has 1 spiro atoms. The predicted octanol–water partition coefficient (Wildman–Crippen LogP) is 3.21. The van der Waals surface area contributed by atoms with E-state index in [9.17, 15) is 0 Å². The highest BCUT2D eigenvalue weighted by molar-refractivity contribution is 6.69. The predicted molar refractivity (Wildman–Crippen MR) is 73.9 cm³/mol. The lowest BCUT2D eigenvalue weighted by atomic mass is 9.75. The van der Waals surface area contributed by atoms with E-state index in [0.717, 1.165) is 11.8 Å². The maximum atomic E-state index is 6.57. The fourth-order valence-corrected chi connectivity index (χ4v) is 6.80. The molecule has 0 aromatic rings. The van der Waals surface area contributed by atoms with Gasteiger partial charge in [0.15, 0.2) is 8.32 Å². The minimum atomic E-state index is -1.47. The number of hydrogen-bond acceptors (Lipinski definition) is 2. The molecule has 3 fully saturated rings. The molecule has 0 bridgehead atoms. The molecule has 0 heterocycles. The van der Waals surface area contributed by atoms with Crippen molar-refractivity contribution in [3.05, 3.63) is 12.2 Å². The van der Waals surface area contributed by atoms with Crippen LogP contribution in [-0.2, 0) is 9.16 Å². The zero-order valence-corrected chi connectivity index (χ0v) is 12.9. The first kappa shape index (κ1) is 11.7. The third-order valence-corrected chi connectivity index (χ3v) is 6.98. The van der Waals surface area contributed by atoms with Gasteiger partial charge in [-0.3, -0.25) is 0 Å². The number of methoxy groups -OCH3 is 1. The number of ether oxygens (including phenoxy) is 1. The van der Waals surface area contributed by atoms with E-state index >= 15 is 0 Å². The summed E-state index contributed by atoms with van der Waals surface area (Å²) >= 11 is 0. The van der Waals surface area contributed by atoms with Crippen molar-refractivity contribution in [1.82, 2.24) is 0 Å². The van der Waals surface area contributed by atoms with Gasteiger partial charge < -0.3 is 9.16 Å². The molecule has 4 aliphatic carbocycles. The molecular formula is C15H24O2Si. The minimum Gasteiger partial charge on any atom is -0.414 e. The van der Waals surface area contributed by atoms with Gasteiger partial charge in [0.05, 0.1) is 11.7 Å². The van der Waals surface area contributed by atoms with E-state index in [-0.39, 0.29) is 11.0 Å². The van der Waals surface area contributed by atoms with E-state index in [1.54, 1.807) is 0 Å². The fraction of sp³-hybridized carbons (Fsp3) is 0.867. The second-order valence-corrected chi connectivity index (χ2v) is 12.1. The van der Waals surface area contributed by atoms with Crippen LogP contribution < -0.4 is 0 Å². The van der Waals surface area contributed by atoms with Crippen molar-refractivity contribution in [3.8, 4) is 0 Å². The maximum Gasteiger partial charge on any atom is 0.184 e. The minimum absolute atomic E-state index is 0.137. The molecule has 0 radical (unpaired) electrons. The van der Waals surface area contributed by atoms with E-state index < -0.39 is 8.32 Å². The second kappa shape index (κ2) is 3.13. The summed E-state index contributed by atoms with van der Waals surface area (Å²) in [5.74, 6) is 2.31. The van der Waals surface area contributed by atoms with Crippen LogP contribution in [0.1, 0.15) is 19.3 Å². The molecule has 4 aliphatic rings. The zero-order chi connectivity index (χ0) is 12.8. The summed E-state index contributed by atoms with van der Waals surface area (Å²) in [6.45, 7) is 6.93. The molecule has 0 N–H and O–H groups in total. The van der Waals surface area contributed by atoms with E-state index in [4.69, 9.17) is 9.16 Å². The SMILES string of the molecule is COC12C3C=CC14C(CC[C@@H]4O[Si](C)(C)C)CC32. The zero-order valence-electron chi connectivity index (χ0n) is 11.9. The van der Waals surface area contributed by atoms with Crippen LogP contribution in [-0.4, -0.2) is 27.1 Å². The normalized spacial score (nSPS) is 55.8. The monoisotopic (exact) mass is 264 g/mol. The summed E-state index contributed by atoms with van der Waals surface area (Å²) in [6.07, 6.45) is 9.31. The van der Waals surface area contributed by atoms with E-state index in [2.05, 4.69) is 31.8 Å². The number of rotatable bonds is 3. The Morgan fingerprint density at radius 3 is 2.67 bits per heavy atom. The van der Waals surface area contributed by atoms with Gasteiger partial charge in [-0.05, 0) is 50.7 Å². The summed E-state index contributed by atoms with van der Waals surface area (Å²) in [5.41, 5.74) is 0.371. The first-order valence-corrected chi connectivity index (χ1v) is 10.8. The average molecular weight is 264 g/mol. The first-order chi connectivity index (χ1) is 8.46. The highest BCUT2D eigenvalue weighted by Crippen LogP contribution is 2.81. The third-order valence-electron chi connectivity index (χ3n) is 5.98. The Bertz CT molecular complexity index is 427. The van der Waals surface area contributed by atoms with Crippen molar-refractivity contribution >= 4 is 8.32 Å². The van der Waals surface area contributed by atoms with Crippen molar-refractivity contribution in [2.24, 2.45) is 23.2 Å². The van der Waals surface area contributed by atoms with Gasteiger partial charge in [-0.1, -0.05) is 12.2 Å². The fourth-order valence-electron chi connectivity index (χ4n) is 5.64. The Balaban J connectivity index is 1.74. The smallest absolute Gasteiger partial charge is 0.184 e. The van der Waals surface area contributed by atoms with Gasteiger partial charge in [0.25, 0.3) is 0 Å². The lowest BCUT2D eigenvalue weighted by molar-refractivity contribution is -0.0610. The van der Waals surface area contributed by atoms with Gasteiger partial charge in [-0.25, -0.2) is 0 Å². The second-order valence-electron chi connectivity index (χ2n) is 7.65. The van der Waals surface area contributed by atoms with E-state index in [0.29, 0.717) is 12.0 Å². The Morgan fingerprint density at radius 2 is 2.00 bits per heavy atom. The molecule has 18 heavy (non-hydrogen) atoms. The first-order valence-electron chi connectivity index (χ1n) is 7.38. The van der Waals surface area contributed by atoms with E-state index in [1.807, 2.05) is 7.11 Å². The third kappa shape index (κ3) is 1.05. The van der Waals surface area contributed by atoms with Gasteiger partial charge in [-0.15, -0.1) is 0 Å². The molecule has 0 amide bonds. The lowest BCUT2D eigenvalue weighted by Gasteiger charge is -2.41. The molecule has 2 nitrogen and oxygen atoms in total. The van der Waals surface area contributed by atoms with Gasteiger partial charge >= 0.3 is 0 Å². The molecule has 5 unspecified atom stereocenters. The molecule has 4 rings (SSSR count). The standard InChI is InChI=1S/C15H24O2Si/c1-16-15-11-7-8-14(15)10(9-12(11)15)5-6-13(14)17-18(2,3)4/h7-8,10-13H,5-6,9H2,1-4H3/t10?,11?,12?,13-,14?,15?/m0/s1. The van der Waals surface area contributed by atoms with Crippen molar-refractivity contribution in [2.45, 2.75) is 50.6 Å². The molecule has 3 saturated carbocycles. The Labute approximate surface area is 111 Å². The average Bonchev–Trinajstić information content (AvgIpc) is 2.52. The molecular weight excluding hydrogens is 240 g/mol. The summed E-state index contributed by atoms with van der Waals surface area (Å²) in [7, 11) is 0.452. The molecule has 0 aromatic carbocycles. The lowest BCUT2D eigenvalue weighted by Crippen LogP contribution is -2.48. The van der Waals surface area contributed by atoms with Gasteiger partial charge in [0.2, 0.25) is 0 Å².